The van der Waals surface area contributed by atoms with Crippen molar-refractivity contribution in [1.29, 1.82) is 0 Å². The Hall–Kier alpha value is -1.59. The lowest BCUT2D eigenvalue weighted by atomic mass is 9.71. The minimum Gasteiger partial charge on any atom is -0.481 e. The largest absolute Gasteiger partial charge is 0.481 e. The van der Waals surface area contributed by atoms with Crippen molar-refractivity contribution in [3.63, 3.8) is 0 Å². The van der Waals surface area contributed by atoms with Crippen molar-refractivity contribution in [2.75, 3.05) is 13.1 Å². The number of carbonyl (C=O) groups is 3. The second-order valence-corrected chi connectivity index (χ2v) is 5.77. The fourth-order valence-corrected chi connectivity index (χ4v) is 2.73. The molecule has 0 aliphatic heterocycles. The van der Waals surface area contributed by atoms with Crippen LogP contribution in [0.3, 0.4) is 0 Å². The summed E-state index contributed by atoms with van der Waals surface area (Å²) in [5, 5.41) is 14.8. The molecule has 120 valence electrons. The van der Waals surface area contributed by atoms with Crippen LogP contribution >= 0.6 is 0 Å². The summed E-state index contributed by atoms with van der Waals surface area (Å²) in [6.07, 6.45) is 5.00. The SMILES string of the molecule is CCCNC(=O)CCNC(=O)CC1(C(=O)O)CCCCC1. The number of aliphatic carboxylic acids is 1. The molecule has 0 spiro atoms. The molecule has 0 heterocycles. The van der Waals surface area contributed by atoms with Gasteiger partial charge in [0.25, 0.3) is 0 Å². The highest BCUT2D eigenvalue weighted by atomic mass is 16.4. The highest BCUT2D eigenvalue weighted by Crippen LogP contribution is 2.39. The van der Waals surface area contributed by atoms with Gasteiger partial charge in [0, 0.05) is 25.9 Å². The van der Waals surface area contributed by atoms with E-state index in [4.69, 9.17) is 0 Å². The number of carbonyl (C=O) groups excluding carboxylic acids is 2. The predicted molar refractivity (Wildman–Crippen MR) is 78.7 cm³/mol. The third-order valence-corrected chi connectivity index (χ3v) is 4.01. The number of rotatable bonds is 8. The maximum absolute atomic E-state index is 11.9. The van der Waals surface area contributed by atoms with Crippen molar-refractivity contribution < 1.29 is 19.5 Å². The van der Waals surface area contributed by atoms with Crippen molar-refractivity contribution in [3.8, 4) is 0 Å². The van der Waals surface area contributed by atoms with Crippen LogP contribution in [0.1, 0.15) is 58.3 Å². The maximum atomic E-state index is 11.9. The van der Waals surface area contributed by atoms with E-state index in [1.54, 1.807) is 0 Å². The zero-order chi connectivity index (χ0) is 15.7. The third kappa shape index (κ3) is 5.73. The van der Waals surface area contributed by atoms with Gasteiger partial charge in [0.1, 0.15) is 0 Å². The summed E-state index contributed by atoms with van der Waals surface area (Å²) in [6.45, 7) is 2.86. The molecule has 6 heteroatoms. The van der Waals surface area contributed by atoms with E-state index < -0.39 is 11.4 Å². The van der Waals surface area contributed by atoms with Gasteiger partial charge in [0.2, 0.25) is 11.8 Å². The molecule has 0 bridgehead atoms. The molecule has 1 aliphatic rings. The van der Waals surface area contributed by atoms with Gasteiger partial charge in [-0.2, -0.15) is 0 Å². The maximum Gasteiger partial charge on any atom is 0.310 e. The Morgan fingerprint density at radius 3 is 2.19 bits per heavy atom. The van der Waals surface area contributed by atoms with E-state index >= 15 is 0 Å². The van der Waals surface area contributed by atoms with Crippen LogP contribution in [0, 0.1) is 5.41 Å². The second kappa shape index (κ2) is 8.64. The summed E-state index contributed by atoms with van der Waals surface area (Å²) >= 11 is 0. The molecule has 21 heavy (non-hydrogen) atoms. The first kappa shape index (κ1) is 17.5. The van der Waals surface area contributed by atoms with E-state index in [0.717, 1.165) is 25.7 Å². The van der Waals surface area contributed by atoms with E-state index in [1.165, 1.54) is 0 Å². The Bertz CT molecular complexity index is 376. The monoisotopic (exact) mass is 298 g/mol. The number of hydrogen-bond donors (Lipinski definition) is 3. The highest BCUT2D eigenvalue weighted by molar-refractivity contribution is 5.85. The average Bonchev–Trinajstić information content (AvgIpc) is 2.45. The van der Waals surface area contributed by atoms with Gasteiger partial charge in [-0.1, -0.05) is 26.2 Å². The first-order chi connectivity index (χ1) is 10.00. The molecule has 6 nitrogen and oxygen atoms in total. The molecule has 1 fully saturated rings. The van der Waals surface area contributed by atoms with Crippen LogP contribution in [-0.4, -0.2) is 36.0 Å². The Morgan fingerprint density at radius 2 is 1.62 bits per heavy atom. The van der Waals surface area contributed by atoms with Crippen LogP contribution in [0.15, 0.2) is 0 Å². The summed E-state index contributed by atoms with van der Waals surface area (Å²) < 4.78 is 0. The molecule has 0 unspecified atom stereocenters. The molecule has 0 atom stereocenters. The van der Waals surface area contributed by atoms with Crippen LogP contribution in [0.25, 0.3) is 0 Å². The van der Waals surface area contributed by atoms with E-state index in [-0.39, 0.29) is 31.2 Å². The van der Waals surface area contributed by atoms with Gasteiger partial charge in [-0.3, -0.25) is 14.4 Å². The minimum atomic E-state index is -0.910. The fraction of sp³-hybridized carbons (Fsp3) is 0.800. The lowest BCUT2D eigenvalue weighted by Crippen LogP contribution is -2.40. The predicted octanol–water partition coefficient (Wildman–Crippen LogP) is 1.44. The Labute approximate surface area is 125 Å². The zero-order valence-corrected chi connectivity index (χ0v) is 12.7. The van der Waals surface area contributed by atoms with Gasteiger partial charge < -0.3 is 15.7 Å². The molecule has 0 aromatic heterocycles. The summed E-state index contributed by atoms with van der Waals surface area (Å²) in [5.41, 5.74) is -0.910. The molecule has 0 radical (unpaired) electrons. The Morgan fingerprint density at radius 1 is 1.00 bits per heavy atom. The molecule has 0 aromatic rings. The molecule has 0 saturated heterocycles. The van der Waals surface area contributed by atoms with Gasteiger partial charge in [-0.15, -0.1) is 0 Å². The van der Waals surface area contributed by atoms with E-state index in [0.29, 0.717) is 19.4 Å². The van der Waals surface area contributed by atoms with Crippen molar-refractivity contribution in [2.45, 2.75) is 58.3 Å². The van der Waals surface area contributed by atoms with E-state index in [9.17, 15) is 19.5 Å². The van der Waals surface area contributed by atoms with Crippen molar-refractivity contribution >= 4 is 17.8 Å². The lowest BCUT2D eigenvalue weighted by molar-refractivity contribution is -0.154. The van der Waals surface area contributed by atoms with Gasteiger partial charge in [-0.25, -0.2) is 0 Å². The topological polar surface area (TPSA) is 95.5 Å². The van der Waals surface area contributed by atoms with Crippen LogP contribution in [-0.2, 0) is 14.4 Å². The molecular weight excluding hydrogens is 272 g/mol. The summed E-state index contributed by atoms with van der Waals surface area (Å²) in [4.78, 5) is 34.8. The average molecular weight is 298 g/mol. The fourth-order valence-electron chi connectivity index (χ4n) is 2.73. The van der Waals surface area contributed by atoms with Gasteiger partial charge >= 0.3 is 5.97 Å². The summed E-state index contributed by atoms with van der Waals surface area (Å²) in [7, 11) is 0. The number of carboxylic acids is 1. The Kier molecular flexibility index (Phi) is 7.19. The van der Waals surface area contributed by atoms with Crippen LogP contribution in [0.2, 0.25) is 0 Å². The third-order valence-electron chi connectivity index (χ3n) is 4.01. The van der Waals surface area contributed by atoms with Crippen LogP contribution in [0.4, 0.5) is 0 Å². The zero-order valence-electron chi connectivity index (χ0n) is 12.7. The quantitative estimate of drug-likeness (QED) is 0.632. The van der Waals surface area contributed by atoms with E-state index in [1.807, 2.05) is 6.92 Å². The number of amides is 2. The molecule has 0 aromatic carbocycles. The molecule has 1 rings (SSSR count). The van der Waals surface area contributed by atoms with Gasteiger partial charge in [-0.05, 0) is 19.3 Å². The standard InChI is InChI=1S/C15H26N2O4/c1-2-9-16-12(18)6-10-17-13(19)11-15(14(20)21)7-4-3-5-8-15/h2-11H2,1H3,(H,16,18)(H,17,19)(H,20,21). The second-order valence-electron chi connectivity index (χ2n) is 5.77. The van der Waals surface area contributed by atoms with Crippen LogP contribution < -0.4 is 10.6 Å². The summed E-state index contributed by atoms with van der Waals surface area (Å²) in [5.74, 6) is -1.25. The molecule has 1 saturated carbocycles. The Balaban J connectivity index is 2.34. The number of carboxylic acid groups (broad SMARTS) is 1. The first-order valence-electron chi connectivity index (χ1n) is 7.77. The van der Waals surface area contributed by atoms with Gasteiger partial charge in [0.05, 0.1) is 5.41 Å². The van der Waals surface area contributed by atoms with Crippen molar-refractivity contribution in [1.82, 2.24) is 10.6 Å². The van der Waals surface area contributed by atoms with Crippen LogP contribution in [0.5, 0.6) is 0 Å². The summed E-state index contributed by atoms with van der Waals surface area (Å²) in [6, 6.07) is 0. The van der Waals surface area contributed by atoms with E-state index in [2.05, 4.69) is 10.6 Å². The lowest BCUT2D eigenvalue weighted by Gasteiger charge is -2.32. The smallest absolute Gasteiger partial charge is 0.310 e. The highest BCUT2D eigenvalue weighted by Gasteiger charge is 2.41. The van der Waals surface area contributed by atoms with Gasteiger partial charge in [0.15, 0.2) is 0 Å². The molecular formula is C15H26N2O4. The number of nitrogens with one attached hydrogen (secondary N) is 2. The normalized spacial score (nSPS) is 17.0. The molecule has 1 aliphatic carbocycles. The minimum absolute atomic E-state index is 0.0128. The first-order valence-corrected chi connectivity index (χ1v) is 7.77. The number of hydrogen-bond acceptors (Lipinski definition) is 3. The molecule has 2 amide bonds. The molecule has 3 N–H and O–H groups in total. The van der Waals surface area contributed by atoms with Crippen molar-refractivity contribution in [2.24, 2.45) is 5.41 Å². The van der Waals surface area contributed by atoms with Crippen molar-refractivity contribution in [3.05, 3.63) is 0 Å².